The molecule has 0 spiro atoms. The lowest BCUT2D eigenvalue weighted by Gasteiger charge is -2.26. The van der Waals surface area contributed by atoms with E-state index < -0.39 is 23.5 Å². The van der Waals surface area contributed by atoms with Gasteiger partial charge in [0.25, 0.3) is 0 Å². The molecule has 5 rings (SSSR count). The predicted octanol–water partition coefficient (Wildman–Crippen LogP) is 4.88. The molecule has 0 saturated carbocycles. The van der Waals surface area contributed by atoms with E-state index in [2.05, 4.69) is 9.88 Å². The van der Waals surface area contributed by atoms with E-state index in [0.717, 1.165) is 36.1 Å². The maximum Gasteiger partial charge on any atom is 0.416 e. The normalized spacial score (nSPS) is 15.0. The highest BCUT2D eigenvalue weighted by Gasteiger charge is 2.31. The fourth-order valence-electron chi connectivity index (χ4n) is 4.48. The SMILES string of the molecule is O=C(OCCN1CCOCC1)c1cc2c3ccccc3n(Cc3cc(F)cc(C(F)(F)F)c3)c2cn1. The average molecular weight is 501 g/mol. The molecule has 0 radical (unpaired) electrons. The number of halogens is 4. The van der Waals surface area contributed by atoms with Gasteiger partial charge in [0.05, 0.1) is 30.5 Å². The summed E-state index contributed by atoms with van der Waals surface area (Å²) in [6.07, 6.45) is -3.16. The molecule has 0 aliphatic carbocycles. The summed E-state index contributed by atoms with van der Waals surface area (Å²) in [6.45, 7) is 3.71. The maximum atomic E-state index is 14.0. The number of carbonyl (C=O) groups excluding carboxylic acids is 1. The number of benzene rings is 2. The van der Waals surface area contributed by atoms with Gasteiger partial charge in [-0.25, -0.2) is 14.2 Å². The molecule has 1 fully saturated rings. The van der Waals surface area contributed by atoms with E-state index in [1.165, 1.54) is 6.20 Å². The molecule has 10 heteroatoms. The number of ether oxygens (including phenoxy) is 2. The van der Waals surface area contributed by atoms with Crippen molar-refractivity contribution in [3.8, 4) is 0 Å². The first-order chi connectivity index (χ1) is 17.3. The molecule has 4 aromatic rings. The Balaban J connectivity index is 1.43. The van der Waals surface area contributed by atoms with Crippen molar-refractivity contribution >= 4 is 27.8 Å². The molecular weight excluding hydrogens is 478 g/mol. The molecule has 2 aromatic heterocycles. The average Bonchev–Trinajstić information content (AvgIpc) is 3.17. The van der Waals surface area contributed by atoms with Crippen LogP contribution in [0.15, 0.2) is 54.7 Å². The summed E-state index contributed by atoms with van der Waals surface area (Å²) in [5.74, 6) is -1.51. The van der Waals surface area contributed by atoms with Gasteiger partial charge < -0.3 is 14.0 Å². The molecule has 1 aliphatic rings. The van der Waals surface area contributed by atoms with Crippen molar-refractivity contribution in [2.24, 2.45) is 0 Å². The Kier molecular flexibility index (Phi) is 6.63. The number of alkyl halides is 3. The molecule has 0 unspecified atom stereocenters. The zero-order valence-corrected chi connectivity index (χ0v) is 19.2. The molecule has 1 aliphatic heterocycles. The molecule has 0 atom stereocenters. The van der Waals surface area contributed by atoms with Gasteiger partial charge in [0, 0.05) is 42.5 Å². The number of fused-ring (bicyclic) bond motifs is 3. The number of nitrogens with zero attached hydrogens (tertiary/aromatic N) is 3. The van der Waals surface area contributed by atoms with Crippen molar-refractivity contribution in [2.45, 2.75) is 12.7 Å². The van der Waals surface area contributed by atoms with E-state index in [1.807, 2.05) is 18.2 Å². The van der Waals surface area contributed by atoms with Crippen LogP contribution in [-0.2, 0) is 22.2 Å². The van der Waals surface area contributed by atoms with E-state index in [1.54, 1.807) is 16.7 Å². The number of aromatic nitrogens is 2. The Morgan fingerprint density at radius 1 is 1.03 bits per heavy atom. The highest BCUT2D eigenvalue weighted by Crippen LogP contribution is 2.33. The van der Waals surface area contributed by atoms with Crippen LogP contribution in [0.5, 0.6) is 0 Å². The van der Waals surface area contributed by atoms with Crippen LogP contribution in [0.1, 0.15) is 21.6 Å². The van der Waals surface area contributed by atoms with E-state index in [-0.39, 0.29) is 24.4 Å². The molecule has 0 bridgehead atoms. The maximum absolute atomic E-state index is 14.0. The summed E-state index contributed by atoms with van der Waals surface area (Å²) in [5, 5.41) is 1.50. The van der Waals surface area contributed by atoms with Gasteiger partial charge in [-0.05, 0) is 35.9 Å². The minimum atomic E-state index is -4.66. The number of carbonyl (C=O) groups is 1. The van der Waals surface area contributed by atoms with Gasteiger partial charge >= 0.3 is 12.1 Å². The zero-order valence-electron chi connectivity index (χ0n) is 19.2. The Bertz CT molecular complexity index is 1410. The van der Waals surface area contributed by atoms with Gasteiger partial charge in [0.15, 0.2) is 0 Å². The van der Waals surface area contributed by atoms with Crippen LogP contribution in [0.2, 0.25) is 0 Å². The van der Waals surface area contributed by atoms with Gasteiger partial charge in [-0.2, -0.15) is 13.2 Å². The standard InChI is InChI=1S/C26H23F4N3O3/c27-19-12-17(11-18(13-19)26(28,29)30)16-33-23-4-2-1-3-20(23)21-14-22(31-15-24(21)33)25(34)36-10-7-32-5-8-35-9-6-32/h1-4,11-15H,5-10,16H2. The second-order valence-corrected chi connectivity index (χ2v) is 8.63. The molecule has 2 aromatic carbocycles. The van der Waals surface area contributed by atoms with Crippen LogP contribution in [0.4, 0.5) is 17.6 Å². The topological polar surface area (TPSA) is 56.6 Å². The summed E-state index contributed by atoms with van der Waals surface area (Å²) >= 11 is 0. The Hall–Kier alpha value is -3.50. The fourth-order valence-corrected chi connectivity index (χ4v) is 4.48. The monoisotopic (exact) mass is 501 g/mol. The molecule has 1 saturated heterocycles. The molecule has 0 N–H and O–H groups in total. The highest BCUT2D eigenvalue weighted by molar-refractivity contribution is 6.09. The molecule has 0 amide bonds. The van der Waals surface area contributed by atoms with Crippen LogP contribution in [-0.4, -0.2) is 59.9 Å². The second-order valence-electron chi connectivity index (χ2n) is 8.63. The summed E-state index contributed by atoms with van der Waals surface area (Å²) < 4.78 is 66.1. The van der Waals surface area contributed by atoms with Gasteiger partial charge in [-0.15, -0.1) is 0 Å². The van der Waals surface area contributed by atoms with Crippen LogP contribution in [0.3, 0.4) is 0 Å². The summed E-state index contributed by atoms with van der Waals surface area (Å²) in [5.41, 5.74) is 0.594. The smallest absolute Gasteiger partial charge is 0.416 e. The predicted molar refractivity (Wildman–Crippen MR) is 125 cm³/mol. The molecule has 6 nitrogen and oxygen atoms in total. The lowest BCUT2D eigenvalue weighted by atomic mass is 10.1. The number of morpholine rings is 1. The third-order valence-corrected chi connectivity index (χ3v) is 6.24. The molecule has 3 heterocycles. The number of rotatable bonds is 6. The lowest BCUT2D eigenvalue weighted by Crippen LogP contribution is -2.38. The first-order valence-electron chi connectivity index (χ1n) is 11.5. The summed E-state index contributed by atoms with van der Waals surface area (Å²) in [6, 6.07) is 11.4. The number of esters is 1. The first-order valence-corrected chi connectivity index (χ1v) is 11.5. The van der Waals surface area contributed by atoms with E-state index in [9.17, 15) is 22.4 Å². The second kappa shape index (κ2) is 9.87. The zero-order chi connectivity index (χ0) is 25.3. The van der Waals surface area contributed by atoms with E-state index in [4.69, 9.17) is 9.47 Å². The van der Waals surface area contributed by atoms with Gasteiger partial charge in [-0.3, -0.25) is 4.90 Å². The van der Waals surface area contributed by atoms with Crippen molar-refractivity contribution in [3.05, 3.63) is 77.4 Å². The van der Waals surface area contributed by atoms with Crippen LogP contribution < -0.4 is 0 Å². The Morgan fingerprint density at radius 2 is 1.81 bits per heavy atom. The van der Waals surface area contributed by atoms with Crippen LogP contribution in [0.25, 0.3) is 21.8 Å². The van der Waals surface area contributed by atoms with E-state index in [0.29, 0.717) is 36.7 Å². The van der Waals surface area contributed by atoms with Gasteiger partial charge in [0.2, 0.25) is 0 Å². The first kappa shape index (κ1) is 24.2. The Labute approximate surface area is 204 Å². The van der Waals surface area contributed by atoms with Crippen LogP contribution in [0, 0.1) is 5.82 Å². The molecular formula is C26H23F4N3O3. The van der Waals surface area contributed by atoms with Crippen molar-refractivity contribution in [3.63, 3.8) is 0 Å². The van der Waals surface area contributed by atoms with Crippen molar-refractivity contribution in [1.82, 2.24) is 14.5 Å². The summed E-state index contributed by atoms with van der Waals surface area (Å²) in [4.78, 5) is 19.1. The van der Waals surface area contributed by atoms with E-state index >= 15 is 0 Å². The van der Waals surface area contributed by atoms with Gasteiger partial charge in [-0.1, -0.05) is 18.2 Å². The molecule has 36 heavy (non-hydrogen) atoms. The van der Waals surface area contributed by atoms with Crippen molar-refractivity contribution in [2.75, 3.05) is 39.5 Å². The quantitative estimate of drug-likeness (QED) is 0.278. The van der Waals surface area contributed by atoms with Crippen LogP contribution >= 0.6 is 0 Å². The third kappa shape index (κ3) is 5.05. The highest BCUT2D eigenvalue weighted by atomic mass is 19.4. The Morgan fingerprint density at radius 3 is 2.58 bits per heavy atom. The number of hydrogen-bond acceptors (Lipinski definition) is 5. The van der Waals surface area contributed by atoms with Crippen molar-refractivity contribution in [1.29, 1.82) is 0 Å². The number of para-hydroxylation sites is 1. The largest absolute Gasteiger partial charge is 0.460 e. The number of pyridine rings is 1. The minimum absolute atomic E-state index is 0.00409. The minimum Gasteiger partial charge on any atom is -0.460 e. The fraction of sp³-hybridized carbons (Fsp3) is 0.308. The van der Waals surface area contributed by atoms with Crippen molar-refractivity contribution < 1.29 is 31.8 Å². The summed E-state index contributed by atoms with van der Waals surface area (Å²) in [7, 11) is 0. The number of hydrogen-bond donors (Lipinski definition) is 0. The molecule has 188 valence electrons. The third-order valence-electron chi connectivity index (χ3n) is 6.24. The lowest BCUT2D eigenvalue weighted by molar-refractivity contribution is -0.137. The van der Waals surface area contributed by atoms with Gasteiger partial charge in [0.1, 0.15) is 18.1 Å².